The number of benzene rings is 1. The topological polar surface area (TPSA) is 96.9 Å². The molecule has 210 valence electrons. The first-order chi connectivity index (χ1) is 19.0. The second-order valence-corrected chi connectivity index (χ2v) is 11.7. The standard InChI is InChI=1S/C30H40FN5O3/c31-25-5-6-26-27(19-25)39-34-28(26)22-9-13-35(14-10-22)12-8-21-1-3-24(4-2-21)30(36-15-17-38-18-16-36)20-23(29(32)37)7-11-33-30/h5-7,11,19-22,24,33H,1-4,8-10,12-18H2,(H2,32,37). The molecule has 1 aromatic carbocycles. The second kappa shape index (κ2) is 11.4. The molecule has 2 aromatic rings. The molecule has 39 heavy (non-hydrogen) atoms. The van der Waals surface area contributed by atoms with Crippen LogP contribution >= 0.6 is 0 Å². The minimum Gasteiger partial charge on any atom is -0.379 e. The van der Waals surface area contributed by atoms with Gasteiger partial charge >= 0.3 is 0 Å². The van der Waals surface area contributed by atoms with Gasteiger partial charge in [-0.2, -0.15) is 0 Å². The number of nitrogens with one attached hydrogen (secondary N) is 1. The Balaban J connectivity index is 1.01. The van der Waals surface area contributed by atoms with Crippen LogP contribution in [0.2, 0.25) is 0 Å². The molecule has 3 aliphatic heterocycles. The minimum atomic E-state index is -0.368. The Morgan fingerprint density at radius 2 is 1.87 bits per heavy atom. The van der Waals surface area contributed by atoms with Gasteiger partial charge in [0.25, 0.3) is 0 Å². The Hall–Kier alpha value is -2.75. The molecule has 2 saturated heterocycles. The number of morpholine rings is 1. The van der Waals surface area contributed by atoms with Gasteiger partial charge in [0.1, 0.15) is 11.5 Å². The van der Waals surface area contributed by atoms with Gasteiger partial charge in [-0.05, 0) is 107 Å². The van der Waals surface area contributed by atoms with E-state index in [-0.39, 0.29) is 17.4 Å². The Morgan fingerprint density at radius 1 is 1.10 bits per heavy atom. The first-order valence-electron chi connectivity index (χ1n) is 14.6. The van der Waals surface area contributed by atoms with Crippen LogP contribution in [0.1, 0.15) is 56.6 Å². The number of likely N-dealkylation sites (tertiary alicyclic amines) is 1. The van der Waals surface area contributed by atoms with E-state index in [0.29, 0.717) is 36.2 Å². The number of ether oxygens (including phenoxy) is 1. The van der Waals surface area contributed by atoms with E-state index in [1.807, 2.05) is 6.20 Å². The normalized spacial score (nSPS) is 29.3. The first kappa shape index (κ1) is 26.5. The van der Waals surface area contributed by atoms with Crippen LogP contribution in [0.15, 0.2) is 46.6 Å². The molecule has 0 radical (unpaired) electrons. The molecule has 8 nitrogen and oxygen atoms in total. The number of carbonyl (C=O) groups is 1. The van der Waals surface area contributed by atoms with Gasteiger partial charge in [0.05, 0.1) is 18.9 Å². The highest BCUT2D eigenvalue weighted by atomic mass is 19.1. The largest absolute Gasteiger partial charge is 0.379 e. The summed E-state index contributed by atoms with van der Waals surface area (Å²) < 4.78 is 24.5. The van der Waals surface area contributed by atoms with Crippen LogP contribution in [0, 0.1) is 17.7 Å². The predicted molar refractivity (Wildman–Crippen MR) is 147 cm³/mol. The predicted octanol–water partition coefficient (Wildman–Crippen LogP) is 3.90. The summed E-state index contributed by atoms with van der Waals surface area (Å²) in [6, 6.07) is 4.71. The summed E-state index contributed by atoms with van der Waals surface area (Å²) in [5.41, 5.74) is 7.44. The van der Waals surface area contributed by atoms with Gasteiger partial charge in [-0.3, -0.25) is 9.69 Å². The summed E-state index contributed by atoms with van der Waals surface area (Å²) >= 11 is 0. The lowest BCUT2D eigenvalue weighted by molar-refractivity contribution is -0.114. The quantitative estimate of drug-likeness (QED) is 0.553. The van der Waals surface area contributed by atoms with Crippen molar-refractivity contribution in [1.29, 1.82) is 0 Å². The van der Waals surface area contributed by atoms with E-state index in [9.17, 15) is 9.18 Å². The lowest BCUT2D eigenvalue weighted by Gasteiger charge is -2.51. The monoisotopic (exact) mass is 537 g/mol. The molecule has 4 heterocycles. The number of aromatic nitrogens is 1. The third kappa shape index (κ3) is 5.49. The van der Waals surface area contributed by atoms with Gasteiger partial charge in [-0.1, -0.05) is 5.16 Å². The molecule has 1 amide bonds. The van der Waals surface area contributed by atoms with Crippen molar-refractivity contribution in [1.82, 2.24) is 20.3 Å². The van der Waals surface area contributed by atoms with E-state index >= 15 is 0 Å². The SMILES string of the molecule is NC(=O)C1=CC(C2CCC(CCN3CCC(c4noc5cc(F)ccc45)CC3)CC2)(N2CCOCC2)NC=C1. The van der Waals surface area contributed by atoms with Crippen molar-refractivity contribution < 1.29 is 18.4 Å². The van der Waals surface area contributed by atoms with Crippen LogP contribution in [0.3, 0.4) is 0 Å². The summed E-state index contributed by atoms with van der Waals surface area (Å²) in [6.45, 7) is 6.38. The number of hydrogen-bond donors (Lipinski definition) is 2. The molecule has 1 atom stereocenters. The van der Waals surface area contributed by atoms with Gasteiger partial charge < -0.3 is 25.2 Å². The van der Waals surface area contributed by atoms with Gasteiger partial charge in [-0.15, -0.1) is 0 Å². The molecule has 1 aromatic heterocycles. The molecule has 0 spiro atoms. The molecule has 1 unspecified atom stereocenters. The molecule has 3 fully saturated rings. The number of halogens is 1. The van der Waals surface area contributed by atoms with Gasteiger partial charge in [0, 0.05) is 36.0 Å². The van der Waals surface area contributed by atoms with Crippen LogP contribution in [0.5, 0.6) is 0 Å². The van der Waals surface area contributed by atoms with E-state index < -0.39 is 0 Å². The maximum absolute atomic E-state index is 13.5. The molecule has 9 heteroatoms. The molecule has 3 N–H and O–H groups in total. The van der Waals surface area contributed by atoms with Crippen LogP contribution in [0.4, 0.5) is 4.39 Å². The lowest BCUT2D eigenvalue weighted by Crippen LogP contribution is -2.64. The van der Waals surface area contributed by atoms with Crippen molar-refractivity contribution in [2.75, 3.05) is 45.9 Å². The van der Waals surface area contributed by atoms with Crippen LogP contribution in [0.25, 0.3) is 11.0 Å². The average Bonchev–Trinajstić information content (AvgIpc) is 3.40. The number of dihydropyridines is 1. The Kier molecular flexibility index (Phi) is 7.73. The first-order valence-corrected chi connectivity index (χ1v) is 14.6. The van der Waals surface area contributed by atoms with E-state index in [1.54, 1.807) is 12.1 Å². The average molecular weight is 538 g/mol. The van der Waals surface area contributed by atoms with Crippen molar-refractivity contribution in [3.05, 3.63) is 53.6 Å². The molecule has 1 aliphatic carbocycles. The van der Waals surface area contributed by atoms with Gasteiger partial charge in [0.2, 0.25) is 5.91 Å². The Labute approximate surface area is 229 Å². The highest BCUT2D eigenvalue weighted by Gasteiger charge is 2.45. The van der Waals surface area contributed by atoms with E-state index in [2.05, 4.69) is 26.3 Å². The zero-order chi connectivity index (χ0) is 26.8. The smallest absolute Gasteiger partial charge is 0.248 e. The number of piperidine rings is 1. The molecule has 1 saturated carbocycles. The van der Waals surface area contributed by atoms with Crippen molar-refractivity contribution in [2.45, 2.75) is 56.5 Å². The summed E-state index contributed by atoms with van der Waals surface area (Å²) in [7, 11) is 0. The van der Waals surface area contributed by atoms with Crippen LogP contribution < -0.4 is 11.1 Å². The van der Waals surface area contributed by atoms with Crippen LogP contribution in [-0.4, -0.2) is 72.5 Å². The zero-order valence-electron chi connectivity index (χ0n) is 22.6. The number of hydrogen-bond acceptors (Lipinski definition) is 7. The Morgan fingerprint density at radius 3 is 2.62 bits per heavy atom. The molecular weight excluding hydrogens is 497 g/mol. The van der Waals surface area contributed by atoms with Crippen molar-refractivity contribution >= 4 is 16.9 Å². The summed E-state index contributed by atoms with van der Waals surface area (Å²) in [5.74, 6) is 0.870. The van der Waals surface area contributed by atoms with Gasteiger partial charge in [0.15, 0.2) is 5.58 Å². The summed E-state index contributed by atoms with van der Waals surface area (Å²) in [5, 5.41) is 8.89. The third-order valence-corrected chi connectivity index (χ3v) is 9.53. The van der Waals surface area contributed by atoms with E-state index in [4.69, 9.17) is 15.0 Å². The lowest BCUT2D eigenvalue weighted by atomic mass is 9.72. The number of nitrogens with zero attached hydrogens (tertiary/aromatic N) is 3. The number of rotatable bonds is 7. The van der Waals surface area contributed by atoms with E-state index in [0.717, 1.165) is 75.4 Å². The van der Waals surface area contributed by atoms with Crippen molar-refractivity contribution in [2.24, 2.45) is 17.6 Å². The molecular formula is C30H40FN5O3. The second-order valence-electron chi connectivity index (χ2n) is 11.7. The maximum atomic E-state index is 13.5. The molecule has 0 bridgehead atoms. The van der Waals surface area contributed by atoms with E-state index in [1.165, 1.54) is 31.4 Å². The highest BCUT2D eigenvalue weighted by Crippen LogP contribution is 2.41. The third-order valence-electron chi connectivity index (χ3n) is 9.53. The number of nitrogens with two attached hydrogens (primary N) is 1. The summed E-state index contributed by atoms with van der Waals surface area (Å²) in [6.07, 6.45) is 13.8. The number of fused-ring (bicyclic) bond motifs is 1. The van der Waals surface area contributed by atoms with Crippen LogP contribution in [-0.2, 0) is 9.53 Å². The number of amides is 1. The van der Waals surface area contributed by atoms with Crippen molar-refractivity contribution in [3.8, 4) is 0 Å². The Bertz CT molecular complexity index is 1220. The highest BCUT2D eigenvalue weighted by molar-refractivity contribution is 5.95. The fourth-order valence-corrected chi connectivity index (χ4v) is 7.27. The van der Waals surface area contributed by atoms with Crippen molar-refractivity contribution in [3.63, 3.8) is 0 Å². The zero-order valence-corrected chi connectivity index (χ0v) is 22.6. The number of carbonyl (C=O) groups excluding carboxylic acids is 1. The summed E-state index contributed by atoms with van der Waals surface area (Å²) in [4.78, 5) is 17.1. The molecule has 6 rings (SSSR count). The fourth-order valence-electron chi connectivity index (χ4n) is 7.27. The van der Waals surface area contributed by atoms with Gasteiger partial charge in [-0.25, -0.2) is 4.39 Å². The minimum absolute atomic E-state index is 0.288. The molecule has 4 aliphatic rings. The maximum Gasteiger partial charge on any atom is 0.248 e. The fraction of sp³-hybridized carbons (Fsp3) is 0.600. The number of primary amides is 1.